The third-order valence-corrected chi connectivity index (χ3v) is 7.71. The van der Waals surface area contributed by atoms with Crippen molar-refractivity contribution >= 4 is 32.4 Å². The molecule has 214 valence electrons. The maximum Gasteiger partial charge on any atom is 0.431 e. The number of alkyl halides is 3. The van der Waals surface area contributed by atoms with E-state index in [1.54, 1.807) is 19.1 Å². The Morgan fingerprint density at radius 1 is 1.20 bits per heavy atom. The van der Waals surface area contributed by atoms with Crippen molar-refractivity contribution in [3.05, 3.63) is 64.5 Å². The van der Waals surface area contributed by atoms with Gasteiger partial charge in [0.15, 0.2) is 17.3 Å². The molecule has 0 saturated heterocycles. The Morgan fingerprint density at radius 3 is 2.46 bits per heavy atom. The van der Waals surface area contributed by atoms with E-state index >= 15 is 0 Å². The van der Waals surface area contributed by atoms with E-state index < -0.39 is 27.2 Å². The molecule has 15 heteroatoms. The molecular weight excluding hydrogens is 561 g/mol. The van der Waals surface area contributed by atoms with Gasteiger partial charge in [-0.05, 0) is 37.5 Å². The van der Waals surface area contributed by atoms with E-state index in [4.69, 9.17) is 9.52 Å². The van der Waals surface area contributed by atoms with E-state index in [1.165, 1.54) is 31.8 Å². The van der Waals surface area contributed by atoms with Crippen LogP contribution in [0.3, 0.4) is 0 Å². The van der Waals surface area contributed by atoms with Crippen LogP contribution in [0, 0.1) is 11.7 Å². The first-order valence-corrected chi connectivity index (χ1v) is 14.3. The zero-order valence-corrected chi connectivity index (χ0v) is 23.1. The van der Waals surface area contributed by atoms with E-state index in [1.807, 2.05) is 0 Å². The molecule has 0 amide bonds. The lowest BCUT2D eigenvalue weighted by Gasteiger charge is -2.18. The number of nitrogens with one attached hydrogen (secondary N) is 2. The van der Waals surface area contributed by atoms with Gasteiger partial charge in [0.2, 0.25) is 5.88 Å². The van der Waals surface area contributed by atoms with Gasteiger partial charge in [-0.25, -0.2) is 33.9 Å². The van der Waals surface area contributed by atoms with Crippen LogP contribution >= 0.6 is 0 Å². The van der Waals surface area contributed by atoms with Gasteiger partial charge in [-0.2, -0.15) is 13.2 Å². The molecule has 1 aromatic carbocycles. The van der Waals surface area contributed by atoms with E-state index in [2.05, 4.69) is 36.8 Å². The number of hydrogen-bond acceptors (Lipinski definition) is 10. The SMILES string of the molecule is C=C(n1c(=O)c(NCc2ccc(S(C)(=N)=O)cc2)nc2c(C)nc(-c3c(OC)ncnc3C3CC3)nc21)C(F)(F)F. The molecule has 2 N–H and O–H groups in total. The van der Waals surface area contributed by atoms with Gasteiger partial charge in [0, 0.05) is 23.6 Å². The highest BCUT2D eigenvalue weighted by molar-refractivity contribution is 7.91. The normalized spacial score (nSPS) is 15.0. The minimum Gasteiger partial charge on any atom is -0.480 e. The lowest BCUT2D eigenvalue weighted by Crippen LogP contribution is -2.30. The molecule has 41 heavy (non-hydrogen) atoms. The predicted molar refractivity (Wildman–Crippen MR) is 146 cm³/mol. The van der Waals surface area contributed by atoms with Crippen molar-refractivity contribution in [2.24, 2.45) is 0 Å². The lowest BCUT2D eigenvalue weighted by molar-refractivity contribution is -0.0733. The van der Waals surface area contributed by atoms with E-state index in [0.29, 0.717) is 26.3 Å². The average Bonchev–Trinajstić information content (AvgIpc) is 3.76. The fraction of sp³-hybridized carbons (Fsp3) is 0.308. The summed E-state index contributed by atoms with van der Waals surface area (Å²) < 4.78 is 67.3. The first-order chi connectivity index (χ1) is 19.3. The van der Waals surface area contributed by atoms with E-state index in [0.717, 1.165) is 12.8 Å². The smallest absolute Gasteiger partial charge is 0.431 e. The summed E-state index contributed by atoms with van der Waals surface area (Å²) in [5.41, 5.74) is -1.20. The second kappa shape index (κ2) is 10.2. The van der Waals surface area contributed by atoms with Crippen molar-refractivity contribution in [1.29, 1.82) is 4.78 Å². The van der Waals surface area contributed by atoms with Gasteiger partial charge in [-0.3, -0.25) is 9.36 Å². The van der Waals surface area contributed by atoms with Crippen molar-refractivity contribution in [3.8, 4) is 17.3 Å². The highest BCUT2D eigenvalue weighted by Crippen LogP contribution is 2.45. The number of nitrogens with zero attached hydrogens (tertiary/aromatic N) is 6. The molecule has 5 rings (SSSR count). The molecular formula is C26H25F3N8O3S. The van der Waals surface area contributed by atoms with Crippen LogP contribution in [0.5, 0.6) is 5.88 Å². The largest absolute Gasteiger partial charge is 0.480 e. The second-order valence-corrected chi connectivity index (χ2v) is 11.8. The van der Waals surface area contributed by atoms with Crippen LogP contribution in [-0.2, 0) is 16.3 Å². The minimum absolute atomic E-state index is 0.00182. The van der Waals surface area contributed by atoms with Gasteiger partial charge in [0.1, 0.15) is 23.1 Å². The van der Waals surface area contributed by atoms with Crippen molar-refractivity contribution in [3.63, 3.8) is 0 Å². The molecule has 3 aromatic heterocycles. The first kappa shape index (κ1) is 28.1. The number of methoxy groups -OCH3 is 1. The number of halogens is 3. The van der Waals surface area contributed by atoms with Crippen molar-refractivity contribution < 1.29 is 22.1 Å². The Bertz CT molecular complexity index is 1850. The lowest BCUT2D eigenvalue weighted by atomic mass is 10.1. The maximum absolute atomic E-state index is 14.0. The Hall–Kier alpha value is -4.40. The van der Waals surface area contributed by atoms with Crippen LogP contribution in [0.15, 0.2) is 46.9 Å². The Labute approximate surface area is 232 Å². The minimum atomic E-state index is -4.96. The van der Waals surface area contributed by atoms with Crippen LogP contribution in [0.2, 0.25) is 0 Å². The second-order valence-electron chi connectivity index (χ2n) is 9.61. The van der Waals surface area contributed by atoms with Gasteiger partial charge < -0.3 is 10.1 Å². The first-order valence-electron chi connectivity index (χ1n) is 12.3. The molecule has 0 aliphatic heterocycles. The summed E-state index contributed by atoms with van der Waals surface area (Å²) in [6.07, 6.45) is -0.588. The number of anilines is 1. The van der Waals surface area contributed by atoms with Crippen molar-refractivity contribution in [1.82, 2.24) is 29.5 Å². The van der Waals surface area contributed by atoms with Crippen LogP contribution in [0.4, 0.5) is 19.0 Å². The van der Waals surface area contributed by atoms with Crippen LogP contribution in [0.1, 0.15) is 35.7 Å². The molecule has 0 spiro atoms. The molecule has 0 bridgehead atoms. The molecule has 1 fully saturated rings. The number of rotatable bonds is 8. The third kappa shape index (κ3) is 5.49. The van der Waals surface area contributed by atoms with Gasteiger partial charge in [-0.15, -0.1) is 0 Å². The van der Waals surface area contributed by atoms with E-state index in [-0.39, 0.29) is 46.8 Å². The standard InChI is InChI=1S/C26H25F3N8O3S/c1-13-19-23(36-21(34-13)18-20(16-7-8-16)32-12-33-24(18)40-3)37(14(2)26(27,28)29)25(38)22(35-19)31-11-15-5-9-17(10-6-15)41(4,30)39/h5-6,9-10,12,16,30H,2,7-8,11H2,1,3-4H3,(H,31,35). The number of benzene rings is 1. The fourth-order valence-corrected chi connectivity index (χ4v) is 4.93. The highest BCUT2D eigenvalue weighted by atomic mass is 32.2. The molecule has 1 aliphatic carbocycles. The van der Waals surface area contributed by atoms with Crippen LogP contribution in [-0.4, -0.2) is 53.2 Å². The van der Waals surface area contributed by atoms with Gasteiger partial charge >= 0.3 is 6.18 Å². The number of ether oxygens (including phenoxy) is 1. The summed E-state index contributed by atoms with van der Waals surface area (Å²) in [6, 6.07) is 6.23. The van der Waals surface area contributed by atoms with Crippen molar-refractivity contribution in [2.75, 3.05) is 18.7 Å². The summed E-state index contributed by atoms with van der Waals surface area (Å²) in [5, 5.41) is 2.78. The van der Waals surface area contributed by atoms with Crippen LogP contribution < -0.4 is 15.6 Å². The number of fused-ring (bicyclic) bond motifs is 1. The molecule has 1 saturated carbocycles. The maximum atomic E-state index is 14.0. The van der Waals surface area contributed by atoms with Crippen molar-refractivity contribution in [2.45, 2.75) is 43.3 Å². The number of hydrogen-bond donors (Lipinski definition) is 2. The molecule has 4 aromatic rings. The third-order valence-electron chi connectivity index (χ3n) is 6.53. The number of aromatic nitrogens is 6. The molecule has 0 radical (unpaired) electrons. The predicted octanol–water partition coefficient (Wildman–Crippen LogP) is 4.52. The fourth-order valence-electron chi connectivity index (χ4n) is 4.27. The highest BCUT2D eigenvalue weighted by Gasteiger charge is 2.37. The summed E-state index contributed by atoms with van der Waals surface area (Å²) >= 11 is 0. The summed E-state index contributed by atoms with van der Waals surface area (Å²) in [5.74, 6) is -0.101. The molecule has 3 heterocycles. The molecule has 1 unspecified atom stereocenters. The monoisotopic (exact) mass is 586 g/mol. The Kier molecular flexibility index (Phi) is 7.01. The van der Waals surface area contributed by atoms with Gasteiger partial charge in [-0.1, -0.05) is 18.7 Å². The zero-order chi connectivity index (χ0) is 29.7. The van der Waals surface area contributed by atoms with Gasteiger partial charge in [0.05, 0.1) is 28.2 Å². The summed E-state index contributed by atoms with van der Waals surface area (Å²) in [7, 11) is -1.51. The van der Waals surface area contributed by atoms with Gasteiger partial charge in [0.25, 0.3) is 5.56 Å². The molecule has 11 nitrogen and oxygen atoms in total. The summed E-state index contributed by atoms with van der Waals surface area (Å²) in [4.78, 5) is 35.4. The van der Waals surface area contributed by atoms with Crippen LogP contribution in [0.25, 0.3) is 28.2 Å². The molecule has 1 aliphatic rings. The average molecular weight is 587 g/mol. The zero-order valence-electron chi connectivity index (χ0n) is 22.2. The Balaban J connectivity index is 1.65. The van der Waals surface area contributed by atoms with E-state index in [9.17, 15) is 22.2 Å². The topological polar surface area (TPSA) is 149 Å². The number of aryl methyl sites for hydroxylation is 1. The number of allylic oxidation sites excluding steroid dienone is 1. The Morgan fingerprint density at radius 2 is 1.88 bits per heavy atom. The quantitative estimate of drug-likeness (QED) is 0.304. The summed E-state index contributed by atoms with van der Waals surface area (Å²) in [6.45, 7) is 4.71. The molecule has 1 atom stereocenters.